The Morgan fingerprint density at radius 1 is 1.53 bits per heavy atom. The van der Waals surface area contributed by atoms with E-state index in [1.54, 1.807) is 31.2 Å². The van der Waals surface area contributed by atoms with Crippen LogP contribution in [0.5, 0.6) is 0 Å². The lowest BCUT2D eigenvalue weighted by Crippen LogP contribution is -2.47. The van der Waals surface area contributed by atoms with Crippen LogP contribution in [0.4, 0.5) is 0 Å². The van der Waals surface area contributed by atoms with Crippen molar-refractivity contribution < 1.29 is 9.53 Å². The van der Waals surface area contributed by atoms with Crippen molar-refractivity contribution in [1.29, 1.82) is 0 Å². The Morgan fingerprint density at radius 2 is 2.12 bits per heavy atom. The van der Waals surface area contributed by atoms with Gasteiger partial charge in [0.2, 0.25) is 0 Å². The highest BCUT2D eigenvalue weighted by atomic mass is 35.5. The number of esters is 1. The van der Waals surface area contributed by atoms with Crippen molar-refractivity contribution in [3.8, 4) is 12.3 Å². The average Bonchev–Trinajstić information content (AvgIpc) is 2.35. The van der Waals surface area contributed by atoms with Crippen LogP contribution in [0.15, 0.2) is 24.3 Å². The maximum Gasteiger partial charge on any atom is 0.330 e. The van der Waals surface area contributed by atoms with Gasteiger partial charge in [-0.2, -0.15) is 0 Å². The zero-order valence-corrected chi connectivity index (χ0v) is 10.5. The summed E-state index contributed by atoms with van der Waals surface area (Å²) in [6.45, 7) is 1.99. The van der Waals surface area contributed by atoms with Crippen LogP contribution in [0, 0.1) is 12.3 Å². The molecule has 17 heavy (non-hydrogen) atoms. The minimum Gasteiger partial charge on any atom is -0.467 e. The molecule has 0 amide bonds. The van der Waals surface area contributed by atoms with Gasteiger partial charge in [0.25, 0.3) is 0 Å². The summed E-state index contributed by atoms with van der Waals surface area (Å²) in [5, 5.41) is 3.59. The van der Waals surface area contributed by atoms with Crippen molar-refractivity contribution in [2.45, 2.75) is 12.5 Å². The molecule has 1 unspecified atom stereocenters. The monoisotopic (exact) mass is 251 g/mol. The van der Waals surface area contributed by atoms with Crippen LogP contribution in [0.2, 0.25) is 5.02 Å². The maximum absolute atomic E-state index is 11.8. The smallest absolute Gasteiger partial charge is 0.330 e. The number of benzene rings is 1. The second-order valence-electron chi connectivity index (χ2n) is 3.68. The van der Waals surface area contributed by atoms with E-state index in [4.69, 9.17) is 22.8 Å². The van der Waals surface area contributed by atoms with Gasteiger partial charge in [-0.25, -0.2) is 4.79 Å². The lowest BCUT2D eigenvalue weighted by Gasteiger charge is -2.27. The number of carbonyl (C=O) groups excluding carboxylic acids is 1. The number of methoxy groups -OCH3 is 1. The fourth-order valence-corrected chi connectivity index (χ4v) is 1.63. The molecule has 1 rings (SSSR count). The Hall–Kier alpha value is -1.50. The quantitative estimate of drug-likeness (QED) is 0.657. The molecule has 0 radical (unpaired) electrons. The highest BCUT2D eigenvalue weighted by Crippen LogP contribution is 2.23. The van der Waals surface area contributed by atoms with Crippen molar-refractivity contribution in [2.75, 3.05) is 13.7 Å². The van der Waals surface area contributed by atoms with Crippen LogP contribution >= 0.6 is 11.6 Å². The highest BCUT2D eigenvalue weighted by molar-refractivity contribution is 6.30. The zero-order valence-electron chi connectivity index (χ0n) is 9.79. The van der Waals surface area contributed by atoms with Crippen LogP contribution in [0.3, 0.4) is 0 Å². The van der Waals surface area contributed by atoms with Gasteiger partial charge in [-0.3, -0.25) is 5.32 Å². The molecule has 0 aliphatic heterocycles. The molecule has 0 aromatic heterocycles. The standard InChI is InChI=1S/C13H14ClNO2/c1-4-9-15-13(2,12(16)17-3)10-5-7-11(14)8-6-10/h1,5-8,15H,9H2,2-3H3. The molecule has 1 N–H and O–H groups in total. The molecule has 4 heteroatoms. The summed E-state index contributed by atoms with van der Waals surface area (Å²) >= 11 is 5.81. The summed E-state index contributed by atoms with van der Waals surface area (Å²) in [5.74, 6) is 2.05. The second-order valence-corrected chi connectivity index (χ2v) is 4.12. The van der Waals surface area contributed by atoms with Gasteiger partial charge in [0, 0.05) is 5.02 Å². The highest BCUT2D eigenvalue weighted by Gasteiger charge is 2.35. The predicted molar refractivity (Wildman–Crippen MR) is 67.7 cm³/mol. The van der Waals surface area contributed by atoms with E-state index in [1.165, 1.54) is 7.11 Å². The fraction of sp³-hybridized carbons (Fsp3) is 0.308. The Balaban J connectivity index is 3.10. The summed E-state index contributed by atoms with van der Waals surface area (Å²) in [6, 6.07) is 6.97. The Morgan fingerprint density at radius 3 is 2.59 bits per heavy atom. The molecular formula is C13H14ClNO2. The molecule has 0 saturated heterocycles. The normalized spacial score (nSPS) is 13.5. The number of rotatable bonds is 4. The number of halogens is 1. The van der Waals surface area contributed by atoms with Crippen molar-refractivity contribution in [1.82, 2.24) is 5.32 Å². The molecule has 0 aliphatic rings. The predicted octanol–water partition coefficient (Wildman–Crippen LogP) is 1.95. The van der Waals surface area contributed by atoms with Crippen molar-refractivity contribution in [3.63, 3.8) is 0 Å². The van der Waals surface area contributed by atoms with Gasteiger partial charge < -0.3 is 4.74 Å². The first-order chi connectivity index (χ1) is 8.04. The van der Waals surface area contributed by atoms with E-state index in [1.807, 2.05) is 0 Å². The summed E-state index contributed by atoms with van der Waals surface area (Å²) in [5.41, 5.74) is -0.213. The molecule has 3 nitrogen and oxygen atoms in total. The number of hydrogen-bond donors (Lipinski definition) is 1. The van der Waals surface area contributed by atoms with E-state index >= 15 is 0 Å². The van der Waals surface area contributed by atoms with Crippen molar-refractivity contribution in [3.05, 3.63) is 34.9 Å². The fourth-order valence-electron chi connectivity index (χ4n) is 1.51. The Kier molecular flexibility index (Phi) is 4.56. The molecule has 0 heterocycles. The number of nitrogens with one attached hydrogen (secondary N) is 1. The summed E-state index contributed by atoms with van der Waals surface area (Å²) in [7, 11) is 1.34. The van der Waals surface area contributed by atoms with Gasteiger partial charge in [0.1, 0.15) is 5.54 Å². The van der Waals surface area contributed by atoms with Gasteiger partial charge in [-0.15, -0.1) is 6.42 Å². The van der Waals surface area contributed by atoms with E-state index in [0.29, 0.717) is 5.02 Å². The van der Waals surface area contributed by atoms with Gasteiger partial charge in [0.15, 0.2) is 0 Å². The first-order valence-corrected chi connectivity index (χ1v) is 5.45. The average molecular weight is 252 g/mol. The molecule has 1 atom stereocenters. The van der Waals surface area contributed by atoms with E-state index < -0.39 is 11.5 Å². The number of carbonyl (C=O) groups is 1. The third kappa shape index (κ3) is 3.00. The van der Waals surface area contributed by atoms with E-state index in [0.717, 1.165) is 5.56 Å². The summed E-state index contributed by atoms with van der Waals surface area (Å²) in [6.07, 6.45) is 5.19. The van der Waals surface area contributed by atoms with Crippen LogP contribution < -0.4 is 5.32 Å². The lowest BCUT2D eigenvalue weighted by atomic mass is 9.92. The molecular weight excluding hydrogens is 238 g/mol. The third-order valence-electron chi connectivity index (χ3n) is 2.56. The van der Waals surface area contributed by atoms with E-state index in [-0.39, 0.29) is 6.54 Å². The summed E-state index contributed by atoms with van der Waals surface area (Å²) < 4.78 is 4.79. The van der Waals surface area contributed by atoms with Gasteiger partial charge >= 0.3 is 5.97 Å². The number of ether oxygens (including phenoxy) is 1. The molecule has 0 bridgehead atoms. The maximum atomic E-state index is 11.8. The van der Waals surface area contributed by atoms with Crippen LogP contribution in [-0.4, -0.2) is 19.6 Å². The number of terminal acetylenes is 1. The topological polar surface area (TPSA) is 38.3 Å². The second kappa shape index (κ2) is 5.72. The Labute approximate surface area is 106 Å². The van der Waals surface area contributed by atoms with E-state index in [9.17, 15) is 4.79 Å². The third-order valence-corrected chi connectivity index (χ3v) is 2.81. The largest absolute Gasteiger partial charge is 0.467 e. The minimum absolute atomic E-state index is 0.272. The molecule has 0 aliphatic carbocycles. The first-order valence-electron chi connectivity index (χ1n) is 5.07. The SMILES string of the molecule is C#CCNC(C)(C(=O)OC)c1ccc(Cl)cc1. The molecule has 1 aromatic rings. The summed E-state index contributed by atoms with van der Waals surface area (Å²) in [4.78, 5) is 11.8. The van der Waals surface area contributed by atoms with Crippen LogP contribution in [0.25, 0.3) is 0 Å². The molecule has 0 fully saturated rings. The Bertz CT molecular complexity index is 436. The van der Waals surface area contributed by atoms with Gasteiger partial charge in [0.05, 0.1) is 13.7 Å². The van der Waals surface area contributed by atoms with Gasteiger partial charge in [-0.05, 0) is 24.6 Å². The first kappa shape index (κ1) is 13.6. The van der Waals surface area contributed by atoms with Gasteiger partial charge in [-0.1, -0.05) is 29.7 Å². The molecule has 1 aromatic carbocycles. The molecule has 0 saturated carbocycles. The number of hydrogen-bond acceptors (Lipinski definition) is 3. The molecule has 90 valence electrons. The lowest BCUT2D eigenvalue weighted by molar-refractivity contribution is -0.148. The van der Waals surface area contributed by atoms with Crippen molar-refractivity contribution >= 4 is 17.6 Å². The minimum atomic E-state index is -0.967. The van der Waals surface area contributed by atoms with Crippen molar-refractivity contribution in [2.24, 2.45) is 0 Å². The van der Waals surface area contributed by atoms with Crippen LogP contribution in [-0.2, 0) is 15.1 Å². The zero-order chi connectivity index (χ0) is 12.9. The van der Waals surface area contributed by atoms with E-state index in [2.05, 4.69) is 11.2 Å². The van der Waals surface area contributed by atoms with Crippen LogP contribution in [0.1, 0.15) is 12.5 Å². The molecule has 0 spiro atoms.